The number of halogens is 1. The Bertz CT molecular complexity index is 1770. The third-order valence-electron chi connectivity index (χ3n) is 6.57. The molecule has 3 aromatic carbocycles. The van der Waals surface area contributed by atoms with Gasteiger partial charge in [-0.05, 0) is 53.9 Å². The monoisotopic (exact) mass is 504 g/mol. The van der Waals surface area contributed by atoms with Gasteiger partial charge in [0.05, 0.1) is 28.4 Å². The summed E-state index contributed by atoms with van der Waals surface area (Å²) in [7, 11) is 0. The molecule has 0 spiro atoms. The number of nitrogens with one attached hydrogen (secondary N) is 3. The van der Waals surface area contributed by atoms with Crippen LogP contribution in [-0.4, -0.2) is 31.1 Å². The topological polar surface area (TPSA) is 99.3 Å². The van der Waals surface area contributed by atoms with Crippen LogP contribution in [0.15, 0.2) is 79.1 Å². The zero-order valence-electron chi connectivity index (χ0n) is 20.8. The van der Waals surface area contributed by atoms with Gasteiger partial charge in [-0.1, -0.05) is 43.7 Å². The molecule has 0 aliphatic heterocycles. The Labute approximate surface area is 218 Å². The van der Waals surface area contributed by atoms with E-state index in [4.69, 9.17) is 4.98 Å². The molecule has 6 rings (SSSR count). The molecule has 0 aliphatic carbocycles. The van der Waals surface area contributed by atoms with E-state index in [0.29, 0.717) is 23.6 Å². The smallest absolute Gasteiger partial charge is 0.224 e. The van der Waals surface area contributed by atoms with Crippen LogP contribution < -0.4 is 5.32 Å². The number of para-hydroxylation sites is 1. The van der Waals surface area contributed by atoms with Crippen LogP contribution in [0, 0.1) is 5.82 Å². The maximum atomic E-state index is 13.5. The number of pyridine rings is 1. The molecule has 0 bridgehead atoms. The number of unbranched alkanes of at least 4 members (excludes halogenated alkanes) is 1. The first-order chi connectivity index (χ1) is 18.6. The van der Waals surface area contributed by atoms with E-state index in [0.717, 1.165) is 57.0 Å². The van der Waals surface area contributed by atoms with Crippen LogP contribution in [0.5, 0.6) is 0 Å². The third kappa shape index (κ3) is 4.52. The average molecular weight is 505 g/mol. The van der Waals surface area contributed by atoms with Crippen molar-refractivity contribution in [2.24, 2.45) is 0 Å². The number of amides is 1. The van der Waals surface area contributed by atoms with Gasteiger partial charge in [-0.25, -0.2) is 9.37 Å². The predicted octanol–water partition coefficient (Wildman–Crippen LogP) is 7.10. The molecule has 6 aromatic rings. The van der Waals surface area contributed by atoms with E-state index >= 15 is 0 Å². The van der Waals surface area contributed by atoms with Gasteiger partial charge in [-0.2, -0.15) is 5.10 Å². The normalized spacial score (nSPS) is 11.3. The van der Waals surface area contributed by atoms with Gasteiger partial charge < -0.3 is 10.3 Å². The number of anilines is 1. The number of aromatic amines is 2. The Morgan fingerprint density at radius 1 is 0.947 bits per heavy atom. The second-order valence-corrected chi connectivity index (χ2v) is 9.24. The van der Waals surface area contributed by atoms with Crippen molar-refractivity contribution in [2.45, 2.75) is 26.2 Å². The number of carbonyl (C=O) groups excluding carboxylic acids is 1. The van der Waals surface area contributed by atoms with E-state index in [1.807, 2.05) is 42.5 Å². The quantitative estimate of drug-likeness (QED) is 0.216. The van der Waals surface area contributed by atoms with Gasteiger partial charge in [0.25, 0.3) is 0 Å². The molecular weight excluding hydrogens is 479 g/mol. The summed E-state index contributed by atoms with van der Waals surface area (Å²) in [4.78, 5) is 24.8. The maximum absolute atomic E-state index is 13.5. The van der Waals surface area contributed by atoms with Crippen molar-refractivity contribution in [1.29, 1.82) is 0 Å². The Kier molecular flexibility index (Phi) is 6.13. The molecule has 0 fully saturated rings. The van der Waals surface area contributed by atoms with Gasteiger partial charge in [0.2, 0.25) is 5.91 Å². The van der Waals surface area contributed by atoms with Crippen molar-refractivity contribution in [3.8, 4) is 33.8 Å². The first kappa shape index (κ1) is 23.5. The summed E-state index contributed by atoms with van der Waals surface area (Å²) in [6, 6.07) is 20.2. The minimum atomic E-state index is -0.276. The van der Waals surface area contributed by atoms with Crippen LogP contribution in [0.1, 0.15) is 26.2 Å². The van der Waals surface area contributed by atoms with Gasteiger partial charge in [0.1, 0.15) is 11.5 Å². The highest BCUT2D eigenvalue weighted by molar-refractivity contribution is 5.98. The number of hydrogen-bond acceptors (Lipinski definition) is 4. The molecule has 3 N–H and O–H groups in total. The molecule has 0 aliphatic rings. The molecule has 8 heteroatoms. The molecule has 0 radical (unpaired) electrons. The number of hydrogen-bond donors (Lipinski definition) is 3. The van der Waals surface area contributed by atoms with Crippen molar-refractivity contribution >= 4 is 33.5 Å². The van der Waals surface area contributed by atoms with Crippen molar-refractivity contribution < 1.29 is 9.18 Å². The van der Waals surface area contributed by atoms with Crippen molar-refractivity contribution in [3.63, 3.8) is 0 Å². The molecule has 0 atom stereocenters. The van der Waals surface area contributed by atoms with Gasteiger partial charge >= 0.3 is 0 Å². The Balaban J connectivity index is 1.37. The van der Waals surface area contributed by atoms with Crippen LogP contribution in [-0.2, 0) is 4.79 Å². The molecule has 0 saturated heterocycles. The summed E-state index contributed by atoms with van der Waals surface area (Å²) in [6.07, 6.45) is 5.75. The number of H-pyrrole nitrogens is 2. The summed E-state index contributed by atoms with van der Waals surface area (Å²) < 4.78 is 13.5. The molecule has 0 unspecified atom stereocenters. The molecule has 7 nitrogen and oxygen atoms in total. The minimum Gasteiger partial charge on any atom is -0.337 e. The standard InChI is InChI=1S/C30H25FN6O/c1-2-3-7-27(38)33-22-14-20(16-32-17-22)19-10-13-25-24(15-19)29(37-36-25)30-34-26-6-4-5-23(28(26)35-30)18-8-11-21(31)12-9-18/h4-6,8-17H,2-3,7H2,1H3,(H,33,38)(H,34,35)(H,36,37). The van der Waals surface area contributed by atoms with Gasteiger partial charge in [-0.15, -0.1) is 0 Å². The van der Waals surface area contributed by atoms with Crippen LogP contribution >= 0.6 is 0 Å². The molecular formula is C30H25FN6O. The second kappa shape index (κ2) is 9.89. The fourth-order valence-electron chi connectivity index (χ4n) is 4.61. The van der Waals surface area contributed by atoms with Gasteiger partial charge in [-0.3, -0.25) is 14.9 Å². The van der Waals surface area contributed by atoms with E-state index < -0.39 is 0 Å². The summed E-state index contributed by atoms with van der Waals surface area (Å²) >= 11 is 0. The second-order valence-electron chi connectivity index (χ2n) is 9.24. The number of nitrogens with zero attached hydrogens (tertiary/aromatic N) is 3. The number of rotatable bonds is 7. The van der Waals surface area contributed by atoms with Crippen LogP contribution in [0.3, 0.4) is 0 Å². The van der Waals surface area contributed by atoms with E-state index in [1.165, 1.54) is 12.1 Å². The predicted molar refractivity (Wildman–Crippen MR) is 148 cm³/mol. The van der Waals surface area contributed by atoms with Crippen LogP contribution in [0.4, 0.5) is 10.1 Å². The first-order valence-corrected chi connectivity index (χ1v) is 12.6. The van der Waals surface area contributed by atoms with E-state index in [9.17, 15) is 9.18 Å². The highest BCUT2D eigenvalue weighted by Gasteiger charge is 2.16. The summed E-state index contributed by atoms with van der Waals surface area (Å²) in [5, 5.41) is 11.5. The summed E-state index contributed by atoms with van der Waals surface area (Å²) in [5.41, 5.74) is 7.52. The zero-order valence-corrected chi connectivity index (χ0v) is 20.8. The maximum Gasteiger partial charge on any atom is 0.224 e. The minimum absolute atomic E-state index is 0.0109. The summed E-state index contributed by atoms with van der Waals surface area (Å²) in [5.74, 6) is 0.346. The lowest BCUT2D eigenvalue weighted by molar-refractivity contribution is -0.116. The van der Waals surface area contributed by atoms with Crippen LogP contribution in [0.2, 0.25) is 0 Å². The Hall–Kier alpha value is -4.85. The SMILES string of the molecule is CCCCC(=O)Nc1cncc(-c2ccc3[nH]nc(-c4nc5c(-c6ccc(F)cc6)cccc5[nH]4)c3c2)c1. The Morgan fingerprint density at radius 3 is 2.63 bits per heavy atom. The molecule has 1 amide bonds. The number of imidazole rings is 1. The van der Waals surface area contributed by atoms with E-state index in [-0.39, 0.29) is 11.7 Å². The molecule has 38 heavy (non-hydrogen) atoms. The summed E-state index contributed by atoms with van der Waals surface area (Å²) in [6.45, 7) is 2.06. The molecule has 0 saturated carbocycles. The third-order valence-corrected chi connectivity index (χ3v) is 6.57. The number of aromatic nitrogens is 5. The highest BCUT2D eigenvalue weighted by atomic mass is 19.1. The van der Waals surface area contributed by atoms with Crippen molar-refractivity contribution in [1.82, 2.24) is 25.1 Å². The Morgan fingerprint density at radius 2 is 1.79 bits per heavy atom. The fourth-order valence-corrected chi connectivity index (χ4v) is 4.61. The number of benzene rings is 3. The lowest BCUT2D eigenvalue weighted by atomic mass is 10.0. The number of fused-ring (bicyclic) bond motifs is 2. The molecule has 188 valence electrons. The van der Waals surface area contributed by atoms with Gasteiger partial charge in [0, 0.05) is 29.1 Å². The average Bonchev–Trinajstić information content (AvgIpc) is 3.56. The number of carbonyl (C=O) groups is 1. The molecule has 3 heterocycles. The van der Waals surface area contributed by atoms with E-state index in [2.05, 4.69) is 32.4 Å². The lowest BCUT2D eigenvalue weighted by Crippen LogP contribution is -2.11. The van der Waals surface area contributed by atoms with Gasteiger partial charge in [0.15, 0.2) is 5.82 Å². The van der Waals surface area contributed by atoms with Crippen molar-refractivity contribution in [3.05, 3.63) is 84.9 Å². The zero-order chi connectivity index (χ0) is 26.1. The largest absolute Gasteiger partial charge is 0.337 e. The lowest BCUT2D eigenvalue weighted by Gasteiger charge is -2.07. The van der Waals surface area contributed by atoms with Crippen molar-refractivity contribution in [2.75, 3.05) is 5.32 Å². The van der Waals surface area contributed by atoms with Crippen LogP contribution in [0.25, 0.3) is 55.7 Å². The first-order valence-electron chi connectivity index (χ1n) is 12.6. The molecule has 3 aromatic heterocycles. The van der Waals surface area contributed by atoms with E-state index in [1.54, 1.807) is 24.5 Å². The fraction of sp³-hybridized carbons (Fsp3) is 0.133. The highest BCUT2D eigenvalue weighted by Crippen LogP contribution is 2.33.